The Bertz CT molecular complexity index is 854. The third-order valence-electron chi connectivity index (χ3n) is 6.77. The minimum absolute atomic E-state index is 0.0320. The van der Waals surface area contributed by atoms with Crippen molar-refractivity contribution in [1.29, 1.82) is 0 Å². The van der Waals surface area contributed by atoms with Crippen LogP contribution in [-0.4, -0.2) is 61.5 Å². The number of ketones is 2. The van der Waals surface area contributed by atoms with Crippen LogP contribution >= 0.6 is 0 Å². The molecule has 3 atom stereocenters. The molecule has 0 amide bonds. The van der Waals surface area contributed by atoms with Crippen LogP contribution in [0.15, 0.2) is 0 Å². The highest BCUT2D eigenvalue weighted by Crippen LogP contribution is 2.61. The molecule has 0 aliphatic heterocycles. The van der Waals surface area contributed by atoms with Gasteiger partial charge in [0.05, 0.1) is 24.9 Å². The number of carbonyl (C=O) groups excluding carboxylic acids is 2. The average molecular weight is 394 g/mol. The van der Waals surface area contributed by atoms with Crippen LogP contribution in [0.4, 0.5) is 0 Å². The number of hydrogen-bond acceptors (Lipinski definition) is 8. The van der Waals surface area contributed by atoms with Crippen LogP contribution in [0.25, 0.3) is 0 Å². The number of benzene rings is 1. The Morgan fingerprint density at radius 2 is 1.57 bits per heavy atom. The van der Waals surface area contributed by atoms with Crippen molar-refractivity contribution >= 4 is 11.6 Å². The smallest absolute Gasteiger partial charge is 0.233 e. The molecular formula is C20H26O8. The quantitative estimate of drug-likeness (QED) is 0.248. The van der Waals surface area contributed by atoms with Gasteiger partial charge in [0.2, 0.25) is 11.6 Å². The Kier molecular flexibility index (Phi) is 4.73. The van der Waals surface area contributed by atoms with Crippen molar-refractivity contribution in [2.24, 2.45) is 11.3 Å². The second kappa shape index (κ2) is 6.43. The van der Waals surface area contributed by atoms with Gasteiger partial charge in [-0.3, -0.25) is 9.59 Å². The van der Waals surface area contributed by atoms with Gasteiger partial charge in [0.1, 0.15) is 5.75 Å². The predicted molar refractivity (Wildman–Crippen MR) is 97.6 cm³/mol. The molecule has 8 heteroatoms. The molecule has 1 fully saturated rings. The van der Waals surface area contributed by atoms with Gasteiger partial charge in [-0.05, 0) is 12.8 Å². The maximum absolute atomic E-state index is 13.0. The summed E-state index contributed by atoms with van der Waals surface area (Å²) in [5, 5.41) is 61.3. The Morgan fingerprint density at radius 1 is 1.00 bits per heavy atom. The number of phenols is 3. The molecule has 0 spiro atoms. The molecular weight excluding hydrogens is 368 g/mol. The number of phenolic OH excluding ortho intramolecular Hbond substituents is 3. The highest BCUT2D eigenvalue weighted by molar-refractivity contribution is 6.47. The van der Waals surface area contributed by atoms with Gasteiger partial charge in [-0.1, -0.05) is 20.8 Å². The fourth-order valence-corrected chi connectivity index (χ4v) is 5.25. The Hall–Kier alpha value is -2.16. The number of carbonyl (C=O) groups is 2. The van der Waals surface area contributed by atoms with E-state index in [-0.39, 0.29) is 17.5 Å². The van der Waals surface area contributed by atoms with Crippen LogP contribution in [0, 0.1) is 11.3 Å². The molecule has 0 aromatic heterocycles. The third kappa shape index (κ3) is 2.41. The standard InChI is InChI=1S/C20H26O8/c1-19(2)9(23)4-5-20(3)12-11(15(26)17(28)18(19)20)13(24)10(8(6-21)7-22)14(25)16(12)27/h8-9,18,21-25,27H,4-7H2,1-3H3/t9-,18+,20+/m0/s1. The summed E-state index contributed by atoms with van der Waals surface area (Å²) < 4.78 is 0. The van der Waals surface area contributed by atoms with E-state index in [0.717, 1.165) is 0 Å². The molecule has 0 heterocycles. The van der Waals surface area contributed by atoms with Crippen LogP contribution in [0.5, 0.6) is 17.2 Å². The Labute approximate surface area is 162 Å². The molecule has 0 radical (unpaired) electrons. The van der Waals surface area contributed by atoms with Gasteiger partial charge in [-0.2, -0.15) is 0 Å². The molecule has 3 rings (SSSR count). The van der Waals surface area contributed by atoms with E-state index in [2.05, 4.69) is 0 Å². The van der Waals surface area contributed by atoms with Crippen molar-refractivity contribution in [3.63, 3.8) is 0 Å². The van der Waals surface area contributed by atoms with E-state index in [0.29, 0.717) is 6.42 Å². The number of aromatic hydroxyl groups is 3. The number of hydrogen-bond donors (Lipinski definition) is 6. The lowest BCUT2D eigenvalue weighted by atomic mass is 9.48. The number of aliphatic hydroxyl groups excluding tert-OH is 3. The second-order valence-electron chi connectivity index (χ2n) is 8.69. The summed E-state index contributed by atoms with van der Waals surface area (Å²) in [6.45, 7) is 3.71. The van der Waals surface area contributed by atoms with Gasteiger partial charge in [0.25, 0.3) is 0 Å². The van der Waals surface area contributed by atoms with E-state index in [1.165, 1.54) is 0 Å². The largest absolute Gasteiger partial charge is 0.507 e. The van der Waals surface area contributed by atoms with E-state index in [4.69, 9.17) is 0 Å². The van der Waals surface area contributed by atoms with E-state index >= 15 is 0 Å². The van der Waals surface area contributed by atoms with Gasteiger partial charge in [0.15, 0.2) is 11.5 Å². The molecule has 1 aromatic carbocycles. The average Bonchev–Trinajstić information content (AvgIpc) is 2.63. The first-order chi connectivity index (χ1) is 12.9. The van der Waals surface area contributed by atoms with Gasteiger partial charge in [-0.25, -0.2) is 0 Å². The van der Waals surface area contributed by atoms with Gasteiger partial charge in [-0.15, -0.1) is 0 Å². The first kappa shape index (κ1) is 20.6. The fraction of sp³-hybridized carbons (Fsp3) is 0.600. The molecule has 8 nitrogen and oxygen atoms in total. The zero-order valence-electron chi connectivity index (χ0n) is 16.1. The molecule has 0 bridgehead atoms. The summed E-state index contributed by atoms with van der Waals surface area (Å²) in [6, 6.07) is 0. The van der Waals surface area contributed by atoms with Crippen LogP contribution < -0.4 is 0 Å². The topological polar surface area (TPSA) is 156 Å². The number of aliphatic hydroxyl groups is 3. The van der Waals surface area contributed by atoms with Crippen LogP contribution in [0.1, 0.15) is 61.0 Å². The maximum Gasteiger partial charge on any atom is 0.233 e. The number of rotatable bonds is 3. The van der Waals surface area contributed by atoms with Crippen LogP contribution in [0.3, 0.4) is 0 Å². The molecule has 2 aliphatic carbocycles. The Morgan fingerprint density at radius 3 is 2.11 bits per heavy atom. The van der Waals surface area contributed by atoms with E-state index < -0.39 is 76.4 Å². The minimum atomic E-state index is -1.14. The van der Waals surface area contributed by atoms with Gasteiger partial charge >= 0.3 is 0 Å². The van der Waals surface area contributed by atoms with E-state index in [1.54, 1.807) is 20.8 Å². The molecule has 0 unspecified atom stereocenters. The third-order valence-corrected chi connectivity index (χ3v) is 6.77. The van der Waals surface area contributed by atoms with Crippen LogP contribution in [-0.2, 0) is 10.2 Å². The summed E-state index contributed by atoms with van der Waals surface area (Å²) >= 11 is 0. The van der Waals surface area contributed by atoms with E-state index in [9.17, 15) is 40.2 Å². The molecule has 28 heavy (non-hydrogen) atoms. The predicted octanol–water partition coefficient (Wildman–Crippen LogP) is 0.692. The SMILES string of the molecule is CC1(C)[C@H]2C(=O)C(=O)c3c(O)c(C(CO)CO)c(O)c(O)c3[C@@]2(C)CC[C@@H]1O. The zero-order chi connectivity index (χ0) is 21.2. The second-order valence-corrected chi connectivity index (χ2v) is 8.69. The molecule has 2 aliphatic rings. The lowest BCUT2D eigenvalue weighted by Gasteiger charge is -2.54. The molecule has 6 N–H and O–H groups in total. The lowest BCUT2D eigenvalue weighted by molar-refractivity contribution is -0.137. The highest BCUT2D eigenvalue weighted by Gasteiger charge is 2.61. The number of Topliss-reactive ketones (excluding diaryl/α,β-unsaturated/α-hetero) is 2. The first-order valence-electron chi connectivity index (χ1n) is 9.24. The van der Waals surface area contributed by atoms with Crippen molar-refractivity contribution in [2.75, 3.05) is 13.2 Å². The van der Waals surface area contributed by atoms with Crippen molar-refractivity contribution in [3.8, 4) is 17.2 Å². The summed E-state index contributed by atoms with van der Waals surface area (Å²) in [5.41, 5.74) is -2.88. The van der Waals surface area contributed by atoms with Crippen molar-refractivity contribution < 1.29 is 40.2 Å². The zero-order valence-corrected chi connectivity index (χ0v) is 16.1. The summed E-state index contributed by atoms with van der Waals surface area (Å²) in [6.07, 6.45) is -0.274. The molecule has 1 saturated carbocycles. The summed E-state index contributed by atoms with van der Waals surface area (Å²) in [5.74, 6) is -6.02. The first-order valence-corrected chi connectivity index (χ1v) is 9.24. The minimum Gasteiger partial charge on any atom is -0.507 e. The van der Waals surface area contributed by atoms with Crippen molar-refractivity contribution in [2.45, 2.75) is 51.0 Å². The normalized spacial score (nSPS) is 29.0. The maximum atomic E-state index is 13.0. The van der Waals surface area contributed by atoms with E-state index in [1.807, 2.05) is 0 Å². The van der Waals surface area contributed by atoms with Gasteiger partial charge in [0, 0.05) is 33.8 Å². The highest BCUT2D eigenvalue weighted by atomic mass is 16.3. The molecule has 1 aromatic rings. The lowest BCUT2D eigenvalue weighted by Crippen LogP contribution is -2.59. The summed E-state index contributed by atoms with van der Waals surface area (Å²) in [7, 11) is 0. The molecule has 0 saturated heterocycles. The summed E-state index contributed by atoms with van der Waals surface area (Å²) in [4.78, 5) is 26.0. The molecule has 154 valence electrons. The van der Waals surface area contributed by atoms with Crippen LogP contribution in [0.2, 0.25) is 0 Å². The Balaban J connectivity index is 2.39. The van der Waals surface area contributed by atoms with Crippen molar-refractivity contribution in [3.05, 3.63) is 16.7 Å². The van der Waals surface area contributed by atoms with Gasteiger partial charge < -0.3 is 30.6 Å². The van der Waals surface area contributed by atoms with Crippen molar-refractivity contribution in [1.82, 2.24) is 0 Å². The number of fused-ring (bicyclic) bond motifs is 3. The monoisotopic (exact) mass is 394 g/mol. The fourth-order valence-electron chi connectivity index (χ4n) is 5.25.